The second kappa shape index (κ2) is 6.34. The summed E-state index contributed by atoms with van der Waals surface area (Å²) in [5.74, 6) is 2.04. The molecule has 2 unspecified atom stereocenters. The number of nitrogens with one attached hydrogen (secondary N) is 1. The number of anilines is 1. The lowest BCUT2D eigenvalue weighted by Crippen LogP contribution is -2.34. The van der Waals surface area contributed by atoms with E-state index in [4.69, 9.17) is 4.98 Å². The second-order valence-corrected chi connectivity index (χ2v) is 9.51. The lowest BCUT2D eigenvalue weighted by Gasteiger charge is -2.22. The van der Waals surface area contributed by atoms with Crippen LogP contribution in [0.3, 0.4) is 0 Å². The quantitative estimate of drug-likeness (QED) is 0.728. The second-order valence-electron chi connectivity index (χ2n) is 9.51. The number of hydrogen-bond donors (Lipinski definition) is 1. The van der Waals surface area contributed by atoms with Crippen LogP contribution in [-0.4, -0.2) is 56.7 Å². The number of aromatic nitrogens is 4. The highest BCUT2D eigenvalue weighted by Crippen LogP contribution is 2.35. The molecule has 1 amide bonds. The van der Waals surface area contributed by atoms with E-state index in [9.17, 15) is 4.79 Å². The van der Waals surface area contributed by atoms with Crippen LogP contribution >= 0.6 is 0 Å². The highest BCUT2D eigenvalue weighted by Gasteiger charge is 2.43. The molecule has 4 heterocycles. The number of fused-ring (bicyclic) bond motifs is 2. The van der Waals surface area contributed by atoms with Gasteiger partial charge >= 0.3 is 0 Å². The number of carbonyl (C=O) groups is 1. The minimum absolute atomic E-state index is 0.0421. The summed E-state index contributed by atoms with van der Waals surface area (Å²) in [5, 5.41) is 7.31. The third kappa shape index (κ3) is 2.99. The van der Waals surface area contributed by atoms with E-state index in [0.717, 1.165) is 48.9 Å². The van der Waals surface area contributed by atoms with Crippen LogP contribution in [0, 0.1) is 11.8 Å². The summed E-state index contributed by atoms with van der Waals surface area (Å²) in [6.45, 7) is 9.82. The minimum atomic E-state index is -0.0425. The number of amides is 1. The Morgan fingerprint density at radius 2 is 1.79 bits per heavy atom. The van der Waals surface area contributed by atoms with E-state index in [0.29, 0.717) is 17.5 Å². The molecule has 7 heteroatoms. The lowest BCUT2D eigenvalue weighted by molar-refractivity contribution is 0.0776. The van der Waals surface area contributed by atoms with Crippen molar-refractivity contribution in [3.8, 4) is 0 Å². The first-order valence-electron chi connectivity index (χ1n) is 10.3. The van der Waals surface area contributed by atoms with Crippen molar-refractivity contribution in [2.75, 3.05) is 31.1 Å². The molecule has 0 saturated carbocycles. The molecule has 0 spiro atoms. The van der Waals surface area contributed by atoms with Crippen LogP contribution in [0.5, 0.6) is 0 Å². The van der Waals surface area contributed by atoms with Gasteiger partial charge in [0.15, 0.2) is 0 Å². The Morgan fingerprint density at radius 3 is 2.41 bits per heavy atom. The zero-order chi connectivity index (χ0) is 20.3. The van der Waals surface area contributed by atoms with E-state index in [1.807, 2.05) is 17.0 Å². The third-order valence-electron chi connectivity index (χ3n) is 6.42. The molecular formula is C22H28N6O. The van der Waals surface area contributed by atoms with Crippen LogP contribution in [0.4, 0.5) is 5.95 Å². The molecule has 0 radical (unpaired) electrons. The van der Waals surface area contributed by atoms with Crippen molar-refractivity contribution in [3.05, 3.63) is 41.7 Å². The van der Waals surface area contributed by atoms with Crippen LogP contribution in [0.25, 0.3) is 11.0 Å². The molecule has 152 valence electrons. The van der Waals surface area contributed by atoms with Gasteiger partial charge in [-0.15, -0.1) is 0 Å². The summed E-state index contributed by atoms with van der Waals surface area (Å²) in [5.41, 5.74) is 3.67. The van der Waals surface area contributed by atoms with Crippen LogP contribution in [0.15, 0.2) is 30.3 Å². The van der Waals surface area contributed by atoms with E-state index in [-0.39, 0.29) is 11.3 Å². The maximum atomic E-state index is 13.0. The molecule has 29 heavy (non-hydrogen) atoms. The Morgan fingerprint density at radius 1 is 1.10 bits per heavy atom. The predicted molar refractivity (Wildman–Crippen MR) is 113 cm³/mol. The smallest absolute Gasteiger partial charge is 0.274 e. The largest absolute Gasteiger partial charge is 0.342 e. The van der Waals surface area contributed by atoms with Gasteiger partial charge in [0, 0.05) is 56.2 Å². The van der Waals surface area contributed by atoms with E-state index >= 15 is 0 Å². The van der Waals surface area contributed by atoms with Crippen LogP contribution in [0.1, 0.15) is 37.0 Å². The number of nitrogens with zero attached hydrogens (tertiary/aromatic N) is 5. The number of rotatable bonds is 2. The maximum absolute atomic E-state index is 13.0. The average Bonchev–Trinajstić information content (AvgIpc) is 3.42. The molecule has 2 atom stereocenters. The zero-order valence-corrected chi connectivity index (χ0v) is 17.5. The zero-order valence-electron chi connectivity index (χ0n) is 17.5. The SMILES string of the molecule is Cn1c(N2CC3CN(C(=O)c4cc(C(C)(C)C)[nH]n4)CC3C2)nc2ccccc21. The molecule has 2 aliphatic rings. The molecule has 3 aromatic rings. The Bertz CT molecular complexity index is 1060. The Labute approximate surface area is 170 Å². The van der Waals surface area contributed by atoms with Crippen molar-refractivity contribution in [3.63, 3.8) is 0 Å². The lowest BCUT2D eigenvalue weighted by atomic mass is 9.92. The number of imidazole rings is 1. The number of likely N-dealkylation sites (tertiary alicyclic amines) is 1. The molecule has 2 aliphatic heterocycles. The fourth-order valence-corrected chi connectivity index (χ4v) is 4.72. The molecule has 1 aromatic carbocycles. The normalized spacial score (nSPS) is 21.9. The van der Waals surface area contributed by atoms with Gasteiger partial charge < -0.3 is 14.4 Å². The van der Waals surface area contributed by atoms with Gasteiger partial charge in [-0.05, 0) is 18.2 Å². The Kier molecular flexibility index (Phi) is 3.98. The first-order chi connectivity index (χ1) is 13.8. The summed E-state index contributed by atoms with van der Waals surface area (Å²) in [6, 6.07) is 10.2. The van der Waals surface area contributed by atoms with Gasteiger partial charge in [-0.2, -0.15) is 5.10 Å². The third-order valence-corrected chi connectivity index (χ3v) is 6.42. The molecule has 2 saturated heterocycles. The van der Waals surface area contributed by atoms with E-state index < -0.39 is 0 Å². The van der Waals surface area contributed by atoms with Crippen molar-refractivity contribution in [2.45, 2.75) is 26.2 Å². The van der Waals surface area contributed by atoms with Crippen LogP contribution < -0.4 is 4.90 Å². The summed E-state index contributed by atoms with van der Waals surface area (Å²) >= 11 is 0. The van der Waals surface area contributed by atoms with E-state index in [2.05, 4.69) is 65.7 Å². The monoisotopic (exact) mass is 392 g/mol. The van der Waals surface area contributed by atoms with Crippen molar-refractivity contribution in [2.24, 2.45) is 18.9 Å². The number of benzene rings is 1. The molecular weight excluding hydrogens is 364 g/mol. The number of hydrogen-bond acceptors (Lipinski definition) is 4. The number of H-pyrrole nitrogens is 1. The van der Waals surface area contributed by atoms with Gasteiger partial charge in [-0.3, -0.25) is 9.89 Å². The minimum Gasteiger partial charge on any atom is -0.342 e. The Hall–Kier alpha value is -2.83. The first kappa shape index (κ1) is 18.2. The van der Waals surface area contributed by atoms with Crippen molar-refractivity contribution in [1.82, 2.24) is 24.6 Å². The van der Waals surface area contributed by atoms with Gasteiger partial charge in [0.05, 0.1) is 11.0 Å². The summed E-state index contributed by atoms with van der Waals surface area (Å²) < 4.78 is 2.18. The molecule has 0 bridgehead atoms. The van der Waals surface area contributed by atoms with Gasteiger partial charge in [-0.25, -0.2) is 4.98 Å². The number of para-hydroxylation sites is 2. The van der Waals surface area contributed by atoms with Crippen LogP contribution in [0.2, 0.25) is 0 Å². The van der Waals surface area contributed by atoms with Gasteiger partial charge in [0.25, 0.3) is 5.91 Å². The van der Waals surface area contributed by atoms with Gasteiger partial charge in [0.2, 0.25) is 5.95 Å². The van der Waals surface area contributed by atoms with E-state index in [1.165, 1.54) is 0 Å². The molecule has 0 aliphatic carbocycles. The first-order valence-corrected chi connectivity index (χ1v) is 10.3. The summed E-state index contributed by atoms with van der Waals surface area (Å²) in [6.07, 6.45) is 0. The summed E-state index contributed by atoms with van der Waals surface area (Å²) in [7, 11) is 2.08. The maximum Gasteiger partial charge on any atom is 0.274 e. The van der Waals surface area contributed by atoms with Crippen LogP contribution in [-0.2, 0) is 12.5 Å². The van der Waals surface area contributed by atoms with E-state index in [1.54, 1.807) is 0 Å². The predicted octanol–water partition coefficient (Wildman–Crippen LogP) is 2.80. The number of carbonyl (C=O) groups excluding carboxylic acids is 1. The van der Waals surface area contributed by atoms with Gasteiger partial charge in [-0.1, -0.05) is 32.9 Å². The number of aryl methyl sites for hydroxylation is 1. The highest BCUT2D eigenvalue weighted by atomic mass is 16.2. The number of aromatic amines is 1. The summed E-state index contributed by atoms with van der Waals surface area (Å²) in [4.78, 5) is 22.2. The highest BCUT2D eigenvalue weighted by molar-refractivity contribution is 5.92. The fraction of sp³-hybridized carbons (Fsp3) is 0.500. The standard InChI is InChI=1S/C22H28N6O/c1-22(2,3)19-9-17(24-25-19)20(29)27-10-14-12-28(13-15(14)11-27)21-23-16-7-5-6-8-18(16)26(21)4/h5-9,14-15H,10-13H2,1-4H3,(H,24,25). The average molecular weight is 393 g/mol. The Balaban J connectivity index is 1.29. The molecule has 2 fully saturated rings. The topological polar surface area (TPSA) is 70.0 Å². The van der Waals surface area contributed by atoms with Crippen molar-refractivity contribution < 1.29 is 4.79 Å². The van der Waals surface area contributed by atoms with Crippen molar-refractivity contribution >= 4 is 22.9 Å². The van der Waals surface area contributed by atoms with Crippen molar-refractivity contribution in [1.29, 1.82) is 0 Å². The molecule has 2 aromatic heterocycles. The van der Waals surface area contributed by atoms with Gasteiger partial charge in [0.1, 0.15) is 5.69 Å². The molecule has 5 rings (SSSR count). The fourth-order valence-electron chi connectivity index (χ4n) is 4.72. The molecule has 7 nitrogen and oxygen atoms in total. The molecule has 1 N–H and O–H groups in total.